The van der Waals surface area contributed by atoms with Crippen LogP contribution in [-0.2, 0) is 6.54 Å². The summed E-state index contributed by atoms with van der Waals surface area (Å²) in [5.41, 5.74) is 4.01. The second kappa shape index (κ2) is 11.6. The van der Waals surface area contributed by atoms with Gasteiger partial charge in [0.15, 0.2) is 28.7 Å². The monoisotopic (exact) mass is 564 g/mol. The first-order chi connectivity index (χ1) is 19.4. The van der Waals surface area contributed by atoms with Crippen molar-refractivity contribution in [3.8, 4) is 23.0 Å². The van der Waals surface area contributed by atoms with Crippen LogP contribution >= 0.6 is 11.6 Å². The molecule has 0 saturated heterocycles. The van der Waals surface area contributed by atoms with Crippen molar-refractivity contribution in [3.63, 3.8) is 0 Å². The molecular weight excluding hydrogens is 532 g/mol. The SMILES string of the molecule is CCn1cc(Cl)c(C(=O)N2N=C3/C(=C/c4ccc(OC)c(OC)c4)CCC[C@H]3[C@@H]2c2ccc(OC)c(OC)c2)n1. The van der Waals surface area contributed by atoms with Crippen molar-refractivity contribution >= 4 is 29.3 Å². The summed E-state index contributed by atoms with van der Waals surface area (Å²) >= 11 is 6.47. The Morgan fingerprint density at radius 1 is 1.00 bits per heavy atom. The number of aryl methyl sites for hydroxylation is 1. The largest absolute Gasteiger partial charge is 0.493 e. The number of nitrogens with zero attached hydrogens (tertiary/aromatic N) is 4. The molecular formula is C30H33ClN4O5. The Balaban J connectivity index is 1.60. The number of allylic oxidation sites excluding steroid dienone is 1. The number of benzene rings is 2. The lowest BCUT2D eigenvalue weighted by molar-refractivity contribution is 0.0673. The van der Waals surface area contributed by atoms with Gasteiger partial charge in [-0.05, 0) is 73.2 Å². The zero-order chi connectivity index (χ0) is 28.4. The van der Waals surface area contributed by atoms with E-state index in [0.717, 1.165) is 41.7 Å². The minimum absolute atomic E-state index is 0.0192. The van der Waals surface area contributed by atoms with Gasteiger partial charge >= 0.3 is 0 Å². The minimum atomic E-state index is -0.362. The number of hydrogen-bond acceptors (Lipinski definition) is 7. The van der Waals surface area contributed by atoms with E-state index in [1.165, 1.54) is 0 Å². The number of methoxy groups -OCH3 is 4. The average molecular weight is 565 g/mol. The molecule has 9 nitrogen and oxygen atoms in total. The summed E-state index contributed by atoms with van der Waals surface area (Å²) in [5, 5.41) is 11.3. The van der Waals surface area contributed by atoms with Crippen molar-refractivity contribution in [2.45, 2.75) is 38.8 Å². The predicted octanol–water partition coefficient (Wildman–Crippen LogP) is 6.03. The van der Waals surface area contributed by atoms with Crippen molar-refractivity contribution in [1.29, 1.82) is 0 Å². The first-order valence-electron chi connectivity index (χ1n) is 13.2. The Morgan fingerprint density at radius 2 is 1.68 bits per heavy atom. The van der Waals surface area contributed by atoms with E-state index < -0.39 is 0 Å². The van der Waals surface area contributed by atoms with Crippen LogP contribution in [0.5, 0.6) is 23.0 Å². The third-order valence-corrected chi connectivity index (χ3v) is 7.73. The van der Waals surface area contributed by atoms with E-state index in [2.05, 4.69) is 11.2 Å². The summed E-state index contributed by atoms with van der Waals surface area (Å²) in [6.07, 6.45) is 6.46. The van der Waals surface area contributed by atoms with Crippen molar-refractivity contribution in [2.24, 2.45) is 11.0 Å². The maximum Gasteiger partial charge on any atom is 0.296 e. The lowest BCUT2D eigenvalue weighted by Crippen LogP contribution is -2.32. The molecule has 0 radical (unpaired) electrons. The van der Waals surface area contributed by atoms with Gasteiger partial charge in [-0.1, -0.05) is 23.7 Å². The zero-order valence-corrected chi connectivity index (χ0v) is 24.1. The van der Waals surface area contributed by atoms with Crippen LogP contribution in [0.1, 0.15) is 53.8 Å². The molecule has 1 aliphatic heterocycles. The van der Waals surface area contributed by atoms with Gasteiger partial charge in [0.05, 0.1) is 45.2 Å². The molecule has 1 aliphatic carbocycles. The van der Waals surface area contributed by atoms with Crippen molar-refractivity contribution in [3.05, 3.63) is 70.0 Å². The number of rotatable bonds is 8. The molecule has 0 bridgehead atoms. The fourth-order valence-corrected chi connectivity index (χ4v) is 5.73. The van der Waals surface area contributed by atoms with Crippen molar-refractivity contribution in [1.82, 2.24) is 14.8 Å². The number of hydrazone groups is 1. The van der Waals surface area contributed by atoms with E-state index in [9.17, 15) is 4.79 Å². The number of fused-ring (bicyclic) bond motifs is 1. The molecule has 5 rings (SSSR count). The van der Waals surface area contributed by atoms with Gasteiger partial charge in [0.1, 0.15) is 0 Å². The third kappa shape index (κ3) is 5.01. The Bertz CT molecular complexity index is 1480. The quantitative estimate of drug-likeness (QED) is 0.332. The molecule has 2 aliphatic rings. The molecule has 1 amide bonds. The number of carbonyl (C=O) groups excluding carboxylic acids is 1. The molecule has 1 aromatic heterocycles. The molecule has 0 N–H and O–H groups in total. The van der Waals surface area contributed by atoms with Gasteiger partial charge in [0.2, 0.25) is 0 Å². The standard InChI is InChI=1S/C30H33ClN4O5/c1-6-34-17-22(31)28(32-34)30(36)35-29(20-11-13-24(38-3)26(16-20)40-5)21-9-7-8-19(27(21)33-35)14-18-10-12-23(37-2)25(15-18)39-4/h10-17,21,29H,6-9H2,1-5H3/b19-14+/t21-,29+/m1/s1. The van der Waals surface area contributed by atoms with Gasteiger partial charge in [-0.2, -0.15) is 10.2 Å². The topological polar surface area (TPSA) is 87.4 Å². The van der Waals surface area contributed by atoms with Crippen molar-refractivity contribution < 1.29 is 23.7 Å². The van der Waals surface area contributed by atoms with Gasteiger partial charge in [0, 0.05) is 18.7 Å². The summed E-state index contributed by atoms with van der Waals surface area (Å²) in [5.74, 6) is 2.16. The first kappa shape index (κ1) is 27.6. The second-order valence-corrected chi connectivity index (χ2v) is 10.1. The van der Waals surface area contributed by atoms with Crippen LogP contribution in [0.25, 0.3) is 6.08 Å². The highest BCUT2D eigenvalue weighted by Crippen LogP contribution is 2.46. The molecule has 0 unspecified atom stereocenters. The molecule has 1 fully saturated rings. The number of amides is 1. The molecule has 40 heavy (non-hydrogen) atoms. The molecule has 2 atom stereocenters. The molecule has 210 valence electrons. The van der Waals surface area contributed by atoms with Crippen LogP contribution in [0.2, 0.25) is 5.02 Å². The molecule has 2 heterocycles. The number of carbonyl (C=O) groups is 1. The summed E-state index contributed by atoms with van der Waals surface area (Å²) in [4.78, 5) is 14.0. The van der Waals surface area contributed by atoms with Crippen LogP contribution in [0.4, 0.5) is 0 Å². The van der Waals surface area contributed by atoms with Gasteiger partial charge in [0.25, 0.3) is 5.91 Å². The van der Waals surface area contributed by atoms with Crippen molar-refractivity contribution in [2.75, 3.05) is 28.4 Å². The van der Waals surface area contributed by atoms with Crippen LogP contribution in [0, 0.1) is 5.92 Å². The molecule has 1 saturated carbocycles. The van der Waals surface area contributed by atoms with E-state index in [0.29, 0.717) is 34.6 Å². The molecule has 2 aromatic carbocycles. The fourth-order valence-electron chi connectivity index (χ4n) is 5.49. The highest BCUT2D eigenvalue weighted by Gasteiger charge is 2.45. The lowest BCUT2D eigenvalue weighted by Gasteiger charge is -2.29. The van der Waals surface area contributed by atoms with E-state index in [1.54, 1.807) is 44.3 Å². The summed E-state index contributed by atoms with van der Waals surface area (Å²) in [6.45, 7) is 2.54. The fraction of sp³-hybridized carbons (Fsp3) is 0.367. The Labute approximate surface area is 238 Å². The van der Waals surface area contributed by atoms with Crippen LogP contribution in [-0.4, -0.2) is 54.8 Å². The zero-order valence-electron chi connectivity index (χ0n) is 23.3. The van der Waals surface area contributed by atoms with Crippen LogP contribution in [0.15, 0.2) is 53.3 Å². The highest BCUT2D eigenvalue weighted by molar-refractivity contribution is 6.33. The van der Waals surface area contributed by atoms with E-state index >= 15 is 0 Å². The Hall–Kier alpha value is -3.98. The van der Waals surface area contributed by atoms with Gasteiger partial charge in [-0.15, -0.1) is 0 Å². The first-order valence-corrected chi connectivity index (χ1v) is 13.6. The lowest BCUT2D eigenvalue weighted by atomic mass is 9.77. The van der Waals surface area contributed by atoms with Gasteiger partial charge in [-0.25, -0.2) is 5.01 Å². The smallest absolute Gasteiger partial charge is 0.296 e. The number of hydrogen-bond donors (Lipinski definition) is 0. The van der Waals surface area contributed by atoms with Gasteiger partial charge < -0.3 is 18.9 Å². The molecule has 3 aromatic rings. The number of halogens is 1. The minimum Gasteiger partial charge on any atom is -0.493 e. The maximum atomic E-state index is 14.0. The molecule has 10 heteroatoms. The van der Waals surface area contributed by atoms with E-state index in [1.807, 2.05) is 43.3 Å². The van der Waals surface area contributed by atoms with E-state index in [4.69, 9.17) is 35.6 Å². The molecule has 0 spiro atoms. The number of ether oxygens (including phenoxy) is 4. The average Bonchev–Trinajstić information content (AvgIpc) is 3.57. The Morgan fingerprint density at radius 3 is 2.33 bits per heavy atom. The highest BCUT2D eigenvalue weighted by atomic mass is 35.5. The second-order valence-electron chi connectivity index (χ2n) is 9.66. The van der Waals surface area contributed by atoms with Crippen LogP contribution < -0.4 is 18.9 Å². The summed E-state index contributed by atoms with van der Waals surface area (Å²) < 4.78 is 23.6. The number of aromatic nitrogens is 2. The van der Waals surface area contributed by atoms with Gasteiger partial charge in [-0.3, -0.25) is 9.48 Å². The van der Waals surface area contributed by atoms with E-state index in [-0.39, 0.29) is 23.6 Å². The normalized spacial score (nSPS) is 19.3. The van der Waals surface area contributed by atoms with Crippen LogP contribution in [0.3, 0.4) is 0 Å². The Kier molecular flexibility index (Phi) is 8.02. The third-order valence-electron chi connectivity index (χ3n) is 7.45. The predicted molar refractivity (Wildman–Crippen MR) is 154 cm³/mol. The summed E-state index contributed by atoms with van der Waals surface area (Å²) in [7, 11) is 6.44. The summed E-state index contributed by atoms with van der Waals surface area (Å²) in [6, 6.07) is 11.2. The maximum absolute atomic E-state index is 14.0.